The van der Waals surface area contributed by atoms with Crippen molar-refractivity contribution in [3.05, 3.63) is 47.8 Å². The summed E-state index contributed by atoms with van der Waals surface area (Å²) >= 11 is 0. The second kappa shape index (κ2) is 10.6. The van der Waals surface area contributed by atoms with Gasteiger partial charge in [-0.2, -0.15) is 0 Å². The number of rotatable bonds is 8. The largest absolute Gasteiger partial charge is 0.511 e. The number of aryl methyl sites for hydroxylation is 1. The fourth-order valence-corrected chi connectivity index (χ4v) is 4.82. The highest BCUT2D eigenvalue weighted by molar-refractivity contribution is 5.79. The van der Waals surface area contributed by atoms with Gasteiger partial charge in [0.05, 0.1) is 23.2 Å². The van der Waals surface area contributed by atoms with Crippen molar-refractivity contribution >= 4 is 17.2 Å². The van der Waals surface area contributed by atoms with Gasteiger partial charge in [-0.1, -0.05) is 0 Å². The number of piperidine rings is 1. The van der Waals surface area contributed by atoms with Gasteiger partial charge in [0.25, 0.3) is 0 Å². The molecule has 0 saturated carbocycles. The van der Waals surface area contributed by atoms with Gasteiger partial charge in [-0.25, -0.2) is 9.78 Å². The summed E-state index contributed by atoms with van der Waals surface area (Å²) in [6.45, 7) is 12.9. The topological polar surface area (TPSA) is 86.0 Å². The lowest BCUT2D eigenvalue weighted by molar-refractivity contribution is 0.144. The number of likely N-dealkylation sites (tertiary alicyclic amines) is 1. The fourth-order valence-electron chi connectivity index (χ4n) is 4.82. The highest BCUT2D eigenvalue weighted by Crippen LogP contribution is 2.32. The molecule has 4 rings (SSSR count). The van der Waals surface area contributed by atoms with Gasteiger partial charge in [-0.15, -0.1) is 0 Å². The molecule has 0 unspecified atom stereocenters. The van der Waals surface area contributed by atoms with E-state index in [9.17, 15) is 4.79 Å². The Labute approximate surface area is 206 Å². The molecule has 0 amide bonds. The Kier molecular flexibility index (Phi) is 7.50. The predicted molar refractivity (Wildman–Crippen MR) is 135 cm³/mol. The van der Waals surface area contributed by atoms with Crippen LogP contribution < -0.4 is 14.2 Å². The lowest BCUT2D eigenvalue weighted by Crippen LogP contribution is -2.34. The second-order valence-electron chi connectivity index (χ2n) is 9.70. The Morgan fingerprint density at radius 3 is 2.20 bits per heavy atom. The quantitative estimate of drug-likeness (QED) is 0.321. The third-order valence-electron chi connectivity index (χ3n) is 6.05. The first-order valence-corrected chi connectivity index (χ1v) is 12.3. The Bertz CT molecular complexity index is 1150. The molecule has 8 nitrogen and oxygen atoms in total. The molecule has 1 aromatic heterocycles. The molecule has 0 radical (unpaired) electrons. The smallest absolute Gasteiger partial charge is 0.491 e. The van der Waals surface area contributed by atoms with Gasteiger partial charge in [0.2, 0.25) is 0 Å². The van der Waals surface area contributed by atoms with Crippen LogP contribution in [0.25, 0.3) is 11.0 Å². The summed E-state index contributed by atoms with van der Waals surface area (Å²) in [5.41, 5.74) is 2.95. The summed E-state index contributed by atoms with van der Waals surface area (Å²) in [6, 6.07) is 11.8. The van der Waals surface area contributed by atoms with Crippen LogP contribution in [0.5, 0.6) is 17.2 Å². The molecule has 2 aromatic carbocycles. The van der Waals surface area contributed by atoms with Crippen molar-refractivity contribution in [2.45, 2.75) is 72.3 Å². The third-order valence-corrected chi connectivity index (χ3v) is 6.05. The molecule has 0 atom stereocenters. The number of carboxylic acid groups (broad SMARTS) is 1. The van der Waals surface area contributed by atoms with E-state index in [1.807, 2.05) is 46.8 Å². The van der Waals surface area contributed by atoms with Gasteiger partial charge in [0.1, 0.15) is 23.1 Å². The number of hydrogen-bond donors (Lipinski definition) is 1. The Morgan fingerprint density at radius 1 is 1.00 bits per heavy atom. The van der Waals surface area contributed by atoms with E-state index < -0.39 is 6.16 Å². The third kappa shape index (κ3) is 6.25. The van der Waals surface area contributed by atoms with Crippen molar-refractivity contribution < 1.29 is 24.1 Å². The normalized spacial score (nSPS) is 15.2. The number of fused-ring (bicyclic) bond motifs is 1. The molecular formula is C27H35N3O5. The molecule has 1 saturated heterocycles. The SMILES string of the molecule is Cc1nc2cc(OC(=O)O)ccc2n1C1CCN(Cc2cc(OC(C)C)cc(OC(C)C)c2)CC1. The molecule has 1 aliphatic rings. The molecule has 0 spiro atoms. The molecule has 35 heavy (non-hydrogen) atoms. The summed E-state index contributed by atoms with van der Waals surface area (Å²) in [6.07, 6.45) is 0.909. The minimum absolute atomic E-state index is 0.105. The average Bonchev–Trinajstić information content (AvgIpc) is 3.07. The fraction of sp³-hybridized carbons (Fsp3) is 0.481. The minimum atomic E-state index is -1.32. The van der Waals surface area contributed by atoms with Crippen LogP contribution in [0.2, 0.25) is 0 Å². The first-order chi connectivity index (χ1) is 16.7. The minimum Gasteiger partial charge on any atom is -0.491 e. The van der Waals surface area contributed by atoms with Gasteiger partial charge in [0, 0.05) is 37.8 Å². The maximum Gasteiger partial charge on any atom is 0.511 e. The maximum absolute atomic E-state index is 10.9. The van der Waals surface area contributed by atoms with E-state index in [2.05, 4.69) is 26.6 Å². The highest BCUT2D eigenvalue weighted by atomic mass is 16.7. The van der Waals surface area contributed by atoms with Crippen LogP contribution >= 0.6 is 0 Å². The van der Waals surface area contributed by atoms with E-state index >= 15 is 0 Å². The number of imidazole rings is 1. The van der Waals surface area contributed by atoms with E-state index in [-0.39, 0.29) is 18.0 Å². The molecule has 2 heterocycles. The van der Waals surface area contributed by atoms with Gasteiger partial charge >= 0.3 is 6.16 Å². The Hall–Kier alpha value is -3.26. The standard InChI is InChI=1S/C27H35N3O5/c1-17(2)33-23-12-20(13-24(14-23)34-18(3)4)16-29-10-8-21(9-11-29)30-19(5)28-25-15-22(35-27(31)32)6-7-26(25)30/h6-7,12-15,17-18,21H,8-11,16H2,1-5H3,(H,31,32). The van der Waals surface area contributed by atoms with Gasteiger partial charge in [-0.3, -0.25) is 4.90 Å². The van der Waals surface area contributed by atoms with Gasteiger partial charge < -0.3 is 23.9 Å². The molecule has 3 aromatic rings. The van der Waals surface area contributed by atoms with Crippen LogP contribution in [0.3, 0.4) is 0 Å². The van der Waals surface area contributed by atoms with Crippen molar-refractivity contribution in [1.82, 2.24) is 14.5 Å². The van der Waals surface area contributed by atoms with Gasteiger partial charge in [-0.05, 0) is 77.3 Å². The number of ether oxygens (including phenoxy) is 3. The van der Waals surface area contributed by atoms with Crippen molar-refractivity contribution in [3.63, 3.8) is 0 Å². The number of benzene rings is 2. The zero-order valence-corrected chi connectivity index (χ0v) is 21.2. The summed E-state index contributed by atoms with van der Waals surface area (Å²) in [7, 11) is 0. The number of nitrogens with zero attached hydrogens (tertiary/aromatic N) is 3. The maximum atomic E-state index is 10.9. The van der Waals surface area contributed by atoms with Crippen LogP contribution in [-0.2, 0) is 6.54 Å². The van der Waals surface area contributed by atoms with Crippen LogP contribution in [0, 0.1) is 6.92 Å². The van der Waals surface area contributed by atoms with Crippen LogP contribution in [0.15, 0.2) is 36.4 Å². The highest BCUT2D eigenvalue weighted by Gasteiger charge is 2.24. The van der Waals surface area contributed by atoms with Crippen LogP contribution in [0.1, 0.15) is 58.0 Å². The molecule has 0 aliphatic carbocycles. The summed E-state index contributed by atoms with van der Waals surface area (Å²) in [4.78, 5) is 18.0. The predicted octanol–water partition coefficient (Wildman–Crippen LogP) is 5.81. The zero-order chi connectivity index (χ0) is 25.1. The zero-order valence-electron chi connectivity index (χ0n) is 21.2. The van der Waals surface area contributed by atoms with Crippen molar-refractivity contribution in [1.29, 1.82) is 0 Å². The monoisotopic (exact) mass is 481 g/mol. The lowest BCUT2D eigenvalue weighted by atomic mass is 10.0. The van der Waals surface area contributed by atoms with Gasteiger partial charge in [0.15, 0.2) is 0 Å². The first-order valence-electron chi connectivity index (χ1n) is 12.3. The van der Waals surface area contributed by atoms with E-state index in [0.29, 0.717) is 6.04 Å². The molecule has 0 bridgehead atoms. The molecule has 1 N–H and O–H groups in total. The van der Waals surface area contributed by atoms with E-state index in [4.69, 9.17) is 19.3 Å². The average molecular weight is 482 g/mol. The Balaban J connectivity index is 1.45. The van der Waals surface area contributed by atoms with Crippen molar-refractivity contribution in [2.24, 2.45) is 0 Å². The molecular weight excluding hydrogens is 446 g/mol. The number of hydrogen-bond acceptors (Lipinski definition) is 6. The number of aromatic nitrogens is 2. The van der Waals surface area contributed by atoms with E-state index in [1.54, 1.807) is 12.1 Å². The van der Waals surface area contributed by atoms with E-state index in [0.717, 1.165) is 60.8 Å². The molecule has 188 valence electrons. The second-order valence-corrected chi connectivity index (χ2v) is 9.70. The van der Waals surface area contributed by atoms with E-state index in [1.165, 1.54) is 5.56 Å². The Morgan fingerprint density at radius 2 is 1.63 bits per heavy atom. The number of carbonyl (C=O) groups is 1. The molecule has 1 aliphatic heterocycles. The first kappa shape index (κ1) is 24.9. The lowest BCUT2D eigenvalue weighted by Gasteiger charge is -2.33. The molecule has 8 heteroatoms. The molecule has 1 fully saturated rings. The van der Waals surface area contributed by atoms with Crippen LogP contribution in [-0.4, -0.2) is 51.0 Å². The summed E-state index contributed by atoms with van der Waals surface area (Å²) in [5.74, 6) is 2.90. The van der Waals surface area contributed by atoms with Crippen LogP contribution in [0.4, 0.5) is 4.79 Å². The van der Waals surface area contributed by atoms with Crippen molar-refractivity contribution in [3.8, 4) is 17.2 Å². The summed E-state index contributed by atoms with van der Waals surface area (Å²) in [5, 5.41) is 8.87. The summed E-state index contributed by atoms with van der Waals surface area (Å²) < 4.78 is 19.0. The van der Waals surface area contributed by atoms with Crippen molar-refractivity contribution in [2.75, 3.05) is 13.1 Å².